The molecule has 0 aromatic rings. The first-order valence-electron chi connectivity index (χ1n) is 5.81. The van der Waals surface area contributed by atoms with E-state index in [9.17, 15) is 13.2 Å². The van der Waals surface area contributed by atoms with Gasteiger partial charge in [-0.25, -0.2) is 8.42 Å². The molecule has 94 valence electrons. The number of piperidine rings is 1. The lowest BCUT2D eigenvalue weighted by Crippen LogP contribution is -2.48. The van der Waals surface area contributed by atoms with Gasteiger partial charge in [-0.1, -0.05) is 27.2 Å². The summed E-state index contributed by atoms with van der Waals surface area (Å²) in [5, 5.41) is 0. The molecule has 0 aromatic carbocycles. The van der Waals surface area contributed by atoms with Crippen LogP contribution in [0.5, 0.6) is 0 Å². The maximum atomic E-state index is 11.9. The van der Waals surface area contributed by atoms with Crippen LogP contribution in [0.3, 0.4) is 0 Å². The van der Waals surface area contributed by atoms with Crippen molar-refractivity contribution < 1.29 is 13.2 Å². The summed E-state index contributed by atoms with van der Waals surface area (Å²) in [6.07, 6.45) is 2.14. The highest BCUT2D eigenvalue weighted by Gasteiger charge is 2.37. The van der Waals surface area contributed by atoms with Crippen LogP contribution in [0.15, 0.2) is 0 Å². The number of carbonyl (C=O) groups is 1. The Morgan fingerprint density at radius 3 is 2.50 bits per heavy atom. The summed E-state index contributed by atoms with van der Waals surface area (Å²) in [6, 6.07) is 0. The van der Waals surface area contributed by atoms with Gasteiger partial charge >= 0.3 is 0 Å². The first-order valence-corrected chi connectivity index (χ1v) is 7.41. The van der Waals surface area contributed by atoms with Crippen molar-refractivity contribution in [3.05, 3.63) is 0 Å². The monoisotopic (exact) mass is 247 g/mol. The number of hydrogen-bond acceptors (Lipinski definition) is 3. The summed E-state index contributed by atoms with van der Waals surface area (Å²) in [4.78, 5) is 11.7. The molecule has 1 aliphatic heterocycles. The number of ketones is 1. The summed E-state index contributed by atoms with van der Waals surface area (Å²) in [5.74, 6) is 0.191. The predicted molar refractivity (Wildman–Crippen MR) is 63.7 cm³/mol. The van der Waals surface area contributed by atoms with Gasteiger partial charge in [0.05, 0.1) is 12.3 Å². The van der Waals surface area contributed by atoms with Crippen molar-refractivity contribution in [1.82, 2.24) is 4.31 Å². The molecule has 0 aromatic heterocycles. The van der Waals surface area contributed by atoms with E-state index in [1.807, 2.05) is 20.8 Å². The van der Waals surface area contributed by atoms with Gasteiger partial charge in [-0.15, -0.1) is 0 Å². The highest BCUT2D eigenvalue weighted by atomic mass is 32.2. The lowest BCUT2D eigenvalue weighted by molar-refractivity contribution is -0.130. The van der Waals surface area contributed by atoms with E-state index in [0.717, 1.165) is 6.42 Å². The Morgan fingerprint density at radius 1 is 1.38 bits per heavy atom. The summed E-state index contributed by atoms with van der Waals surface area (Å²) in [5.41, 5.74) is -0.364. The average Bonchev–Trinajstić information content (AvgIpc) is 2.19. The fourth-order valence-corrected chi connectivity index (χ4v) is 3.29. The topological polar surface area (TPSA) is 54.5 Å². The number of nitrogens with zero attached hydrogens (tertiary/aromatic N) is 1. The van der Waals surface area contributed by atoms with Crippen molar-refractivity contribution in [2.75, 3.05) is 18.8 Å². The zero-order chi connectivity index (χ0) is 12.4. The number of rotatable bonds is 4. The van der Waals surface area contributed by atoms with E-state index in [2.05, 4.69) is 0 Å². The fraction of sp³-hybridized carbons (Fsp3) is 0.909. The van der Waals surface area contributed by atoms with Crippen LogP contribution in [0.1, 0.15) is 40.0 Å². The van der Waals surface area contributed by atoms with Crippen LogP contribution >= 0.6 is 0 Å². The summed E-state index contributed by atoms with van der Waals surface area (Å²) < 4.78 is 25.1. The minimum Gasteiger partial charge on any atom is -0.298 e. The molecule has 1 rings (SSSR count). The van der Waals surface area contributed by atoms with Crippen LogP contribution < -0.4 is 0 Å². The minimum absolute atomic E-state index is 0.0267. The maximum absolute atomic E-state index is 11.9. The molecule has 0 atom stereocenters. The highest BCUT2D eigenvalue weighted by molar-refractivity contribution is 7.89. The second kappa shape index (κ2) is 4.84. The van der Waals surface area contributed by atoms with Crippen molar-refractivity contribution in [3.8, 4) is 0 Å². The Hall–Kier alpha value is -0.420. The van der Waals surface area contributed by atoms with Gasteiger partial charge < -0.3 is 0 Å². The van der Waals surface area contributed by atoms with Crippen LogP contribution in [-0.4, -0.2) is 37.3 Å². The number of unbranched alkanes of at least 4 members (excludes halogenated alkanes) is 1. The van der Waals surface area contributed by atoms with Gasteiger partial charge in [0, 0.05) is 12.0 Å². The summed E-state index contributed by atoms with van der Waals surface area (Å²) in [7, 11) is -3.22. The van der Waals surface area contributed by atoms with Crippen molar-refractivity contribution in [1.29, 1.82) is 0 Å². The molecule has 4 nitrogen and oxygen atoms in total. The lowest BCUT2D eigenvalue weighted by atomic mass is 9.82. The molecule has 0 N–H and O–H groups in total. The first-order chi connectivity index (χ1) is 7.29. The van der Waals surface area contributed by atoms with E-state index in [4.69, 9.17) is 0 Å². The maximum Gasteiger partial charge on any atom is 0.214 e. The van der Waals surface area contributed by atoms with Crippen molar-refractivity contribution in [3.63, 3.8) is 0 Å². The molecule has 1 aliphatic rings. The fourth-order valence-electron chi connectivity index (χ4n) is 1.69. The second-order valence-electron chi connectivity index (χ2n) is 5.06. The summed E-state index contributed by atoms with van der Waals surface area (Å²) >= 11 is 0. The van der Waals surface area contributed by atoms with E-state index in [1.165, 1.54) is 4.31 Å². The number of carbonyl (C=O) groups excluding carboxylic acids is 1. The minimum atomic E-state index is -3.22. The van der Waals surface area contributed by atoms with Gasteiger partial charge in [-0.3, -0.25) is 4.79 Å². The van der Waals surface area contributed by atoms with Gasteiger partial charge in [0.1, 0.15) is 0 Å². The van der Waals surface area contributed by atoms with E-state index in [0.29, 0.717) is 19.4 Å². The van der Waals surface area contributed by atoms with E-state index in [1.54, 1.807) is 0 Å². The number of Topliss-reactive ketones (excluding diaryl/α,β-unsaturated/α-hetero) is 1. The molecule has 0 bridgehead atoms. The Bertz CT molecular complexity index is 359. The Kier molecular flexibility index (Phi) is 4.12. The number of sulfonamides is 1. The van der Waals surface area contributed by atoms with Crippen LogP contribution in [0, 0.1) is 5.41 Å². The van der Waals surface area contributed by atoms with Crippen molar-refractivity contribution in [2.24, 2.45) is 5.41 Å². The normalized spacial score (nSPS) is 22.3. The molecular weight excluding hydrogens is 226 g/mol. The molecular formula is C11H21NO3S. The highest BCUT2D eigenvalue weighted by Crippen LogP contribution is 2.28. The molecule has 0 spiro atoms. The SMILES string of the molecule is CCCCS(=O)(=O)N1CCC(C)(C)C(=O)C1. The molecule has 0 saturated carbocycles. The van der Waals surface area contributed by atoms with Gasteiger partial charge in [-0.05, 0) is 12.8 Å². The average molecular weight is 247 g/mol. The standard InChI is InChI=1S/C11H21NO3S/c1-4-5-8-16(14,15)12-7-6-11(2,3)10(13)9-12/h4-9H2,1-3H3. The van der Waals surface area contributed by atoms with Gasteiger partial charge in [0.2, 0.25) is 10.0 Å². The third kappa shape index (κ3) is 3.04. The van der Waals surface area contributed by atoms with Crippen molar-refractivity contribution >= 4 is 15.8 Å². The third-order valence-electron chi connectivity index (χ3n) is 3.21. The molecule has 1 heterocycles. The van der Waals surface area contributed by atoms with Gasteiger partial charge in [0.15, 0.2) is 5.78 Å². The Balaban J connectivity index is 2.68. The van der Waals surface area contributed by atoms with E-state index >= 15 is 0 Å². The van der Waals surface area contributed by atoms with Crippen LogP contribution in [0.25, 0.3) is 0 Å². The van der Waals surface area contributed by atoms with Gasteiger partial charge in [0.25, 0.3) is 0 Å². The van der Waals surface area contributed by atoms with E-state index < -0.39 is 10.0 Å². The quantitative estimate of drug-likeness (QED) is 0.755. The Labute approximate surface area is 98.1 Å². The second-order valence-corrected chi connectivity index (χ2v) is 7.15. The smallest absolute Gasteiger partial charge is 0.214 e. The molecule has 0 radical (unpaired) electrons. The predicted octanol–water partition coefficient (Wildman–Crippen LogP) is 1.42. The molecule has 1 fully saturated rings. The van der Waals surface area contributed by atoms with Crippen LogP contribution in [0.4, 0.5) is 0 Å². The molecule has 0 unspecified atom stereocenters. The zero-order valence-corrected chi connectivity index (χ0v) is 11.1. The third-order valence-corrected chi connectivity index (χ3v) is 5.11. The molecule has 5 heteroatoms. The molecule has 16 heavy (non-hydrogen) atoms. The molecule has 0 amide bonds. The van der Waals surface area contributed by atoms with Crippen LogP contribution in [0.2, 0.25) is 0 Å². The van der Waals surface area contributed by atoms with Crippen LogP contribution in [-0.2, 0) is 14.8 Å². The lowest BCUT2D eigenvalue weighted by Gasteiger charge is -2.34. The number of hydrogen-bond donors (Lipinski definition) is 0. The van der Waals surface area contributed by atoms with Crippen molar-refractivity contribution in [2.45, 2.75) is 40.0 Å². The first kappa shape index (κ1) is 13.6. The van der Waals surface area contributed by atoms with E-state index in [-0.39, 0.29) is 23.5 Å². The molecule has 0 aliphatic carbocycles. The summed E-state index contributed by atoms with van der Waals surface area (Å²) in [6.45, 7) is 6.25. The molecule has 1 saturated heterocycles. The Morgan fingerprint density at radius 2 is 2.00 bits per heavy atom. The zero-order valence-electron chi connectivity index (χ0n) is 10.3. The van der Waals surface area contributed by atoms with Gasteiger partial charge in [-0.2, -0.15) is 4.31 Å². The largest absolute Gasteiger partial charge is 0.298 e.